The summed E-state index contributed by atoms with van der Waals surface area (Å²) in [5, 5.41) is 11.6. The summed E-state index contributed by atoms with van der Waals surface area (Å²) in [7, 11) is 0. The first-order valence-electron chi connectivity index (χ1n) is 6.55. The van der Waals surface area contributed by atoms with Crippen LogP contribution in [-0.4, -0.2) is 27.4 Å². The Morgan fingerprint density at radius 3 is 2.48 bits per heavy atom. The van der Waals surface area contributed by atoms with E-state index < -0.39 is 17.9 Å². The summed E-state index contributed by atoms with van der Waals surface area (Å²) in [6.07, 6.45) is 0. The van der Waals surface area contributed by atoms with Crippen LogP contribution in [0.15, 0.2) is 36.4 Å². The van der Waals surface area contributed by atoms with Crippen LogP contribution in [0.3, 0.4) is 0 Å². The van der Waals surface area contributed by atoms with E-state index in [4.69, 9.17) is 5.11 Å². The van der Waals surface area contributed by atoms with E-state index in [0.717, 1.165) is 17.1 Å². The highest BCUT2D eigenvalue weighted by Crippen LogP contribution is 2.21. The molecule has 2 aromatic rings. The molecule has 0 aliphatic rings. The van der Waals surface area contributed by atoms with Gasteiger partial charge in [-0.2, -0.15) is 4.37 Å². The number of carboxylic acid groups (broad SMARTS) is 1. The Kier molecular flexibility index (Phi) is 4.70. The number of nitrogens with one attached hydrogen (secondary N) is 1. The molecule has 2 rings (SSSR count). The van der Waals surface area contributed by atoms with E-state index in [9.17, 15) is 9.59 Å². The molecular weight excluding hydrogens is 288 g/mol. The average Bonchev–Trinajstić information content (AvgIpc) is 2.94. The van der Waals surface area contributed by atoms with Crippen molar-refractivity contribution in [3.8, 4) is 11.3 Å². The summed E-state index contributed by atoms with van der Waals surface area (Å²) in [5.41, 5.74) is 1.63. The molecule has 110 valence electrons. The number of rotatable bonds is 5. The Hall–Kier alpha value is -2.21. The molecule has 0 aliphatic carbocycles. The van der Waals surface area contributed by atoms with Gasteiger partial charge >= 0.3 is 5.97 Å². The molecule has 0 unspecified atom stereocenters. The number of aliphatic carboxylic acids is 1. The molecule has 0 saturated heterocycles. The van der Waals surface area contributed by atoms with Gasteiger partial charge in [0.15, 0.2) is 0 Å². The fourth-order valence-electron chi connectivity index (χ4n) is 1.85. The second-order valence-corrected chi connectivity index (χ2v) is 5.78. The smallest absolute Gasteiger partial charge is 0.326 e. The van der Waals surface area contributed by atoms with Crippen LogP contribution < -0.4 is 5.32 Å². The Morgan fingerprint density at radius 2 is 1.90 bits per heavy atom. The number of hydrogen-bond donors (Lipinski definition) is 2. The molecule has 0 radical (unpaired) electrons. The number of nitrogens with zero attached hydrogens (tertiary/aromatic N) is 1. The first kappa shape index (κ1) is 15.2. The number of carbonyl (C=O) groups excluding carboxylic acids is 1. The first-order valence-corrected chi connectivity index (χ1v) is 7.32. The quantitative estimate of drug-likeness (QED) is 0.890. The van der Waals surface area contributed by atoms with Crippen LogP contribution in [0.2, 0.25) is 0 Å². The first-order chi connectivity index (χ1) is 9.99. The number of carbonyl (C=O) groups is 2. The van der Waals surface area contributed by atoms with Gasteiger partial charge in [-0.25, -0.2) is 4.79 Å². The molecule has 2 N–H and O–H groups in total. The molecule has 1 heterocycles. The Labute approximate surface area is 126 Å². The SMILES string of the molecule is CC(C)[C@@H](NC(=O)c1cc(-c2ccccc2)ns1)C(=O)O. The van der Waals surface area contributed by atoms with Crippen molar-refractivity contribution in [1.29, 1.82) is 0 Å². The molecule has 0 aliphatic heterocycles. The highest BCUT2D eigenvalue weighted by Gasteiger charge is 2.24. The highest BCUT2D eigenvalue weighted by atomic mass is 32.1. The van der Waals surface area contributed by atoms with Crippen molar-refractivity contribution in [2.24, 2.45) is 5.92 Å². The second kappa shape index (κ2) is 6.49. The van der Waals surface area contributed by atoms with Crippen LogP contribution >= 0.6 is 11.5 Å². The van der Waals surface area contributed by atoms with Crippen molar-refractivity contribution in [2.75, 3.05) is 0 Å². The Morgan fingerprint density at radius 1 is 1.24 bits per heavy atom. The van der Waals surface area contributed by atoms with Crippen LogP contribution in [0.5, 0.6) is 0 Å². The van der Waals surface area contributed by atoms with Crippen LogP contribution in [0, 0.1) is 5.92 Å². The molecule has 21 heavy (non-hydrogen) atoms. The molecular formula is C15H16N2O3S. The van der Waals surface area contributed by atoms with Crippen molar-refractivity contribution in [3.63, 3.8) is 0 Å². The second-order valence-electron chi connectivity index (χ2n) is 4.98. The third-order valence-corrected chi connectivity index (χ3v) is 3.81. The Bertz CT molecular complexity index is 637. The van der Waals surface area contributed by atoms with Gasteiger partial charge in [0.2, 0.25) is 0 Å². The fraction of sp³-hybridized carbons (Fsp3) is 0.267. The summed E-state index contributed by atoms with van der Waals surface area (Å²) >= 11 is 1.06. The zero-order chi connectivity index (χ0) is 15.4. The maximum atomic E-state index is 12.1. The minimum atomic E-state index is -1.04. The normalized spacial score (nSPS) is 12.1. The van der Waals surface area contributed by atoms with E-state index in [1.165, 1.54) is 0 Å². The minimum absolute atomic E-state index is 0.187. The molecule has 1 atom stereocenters. The van der Waals surface area contributed by atoms with E-state index in [0.29, 0.717) is 10.6 Å². The summed E-state index contributed by atoms with van der Waals surface area (Å²) < 4.78 is 4.24. The van der Waals surface area contributed by atoms with Crippen LogP contribution in [0.25, 0.3) is 11.3 Å². The lowest BCUT2D eigenvalue weighted by molar-refractivity contribution is -0.140. The summed E-state index contributed by atoms with van der Waals surface area (Å²) in [6.45, 7) is 3.50. The summed E-state index contributed by atoms with van der Waals surface area (Å²) in [6, 6.07) is 10.3. The topological polar surface area (TPSA) is 79.3 Å². The van der Waals surface area contributed by atoms with Crippen molar-refractivity contribution in [1.82, 2.24) is 9.69 Å². The van der Waals surface area contributed by atoms with E-state index in [1.54, 1.807) is 19.9 Å². The standard InChI is InChI=1S/C15H16N2O3S/c1-9(2)13(15(19)20)16-14(18)12-8-11(17-21-12)10-6-4-3-5-7-10/h3-9,13H,1-2H3,(H,16,18)(H,19,20)/t13-/m1/s1. The number of benzene rings is 1. The van der Waals surface area contributed by atoms with Gasteiger partial charge in [0.05, 0.1) is 5.69 Å². The molecule has 1 aromatic heterocycles. The van der Waals surface area contributed by atoms with Gasteiger partial charge in [-0.15, -0.1) is 0 Å². The number of aromatic nitrogens is 1. The zero-order valence-corrected chi connectivity index (χ0v) is 12.6. The van der Waals surface area contributed by atoms with Crippen molar-refractivity contribution in [2.45, 2.75) is 19.9 Å². The number of amides is 1. The molecule has 6 heteroatoms. The minimum Gasteiger partial charge on any atom is -0.480 e. The van der Waals surface area contributed by atoms with Gasteiger partial charge in [-0.05, 0) is 23.5 Å². The predicted molar refractivity (Wildman–Crippen MR) is 81.3 cm³/mol. The molecule has 5 nitrogen and oxygen atoms in total. The largest absolute Gasteiger partial charge is 0.480 e. The summed E-state index contributed by atoms with van der Waals surface area (Å²) in [4.78, 5) is 23.6. The third kappa shape index (κ3) is 3.66. The maximum Gasteiger partial charge on any atom is 0.326 e. The van der Waals surface area contributed by atoms with Crippen LogP contribution in [-0.2, 0) is 4.79 Å². The molecule has 0 spiro atoms. The van der Waals surface area contributed by atoms with Gasteiger partial charge in [0.1, 0.15) is 10.9 Å². The van der Waals surface area contributed by atoms with Crippen molar-refractivity contribution >= 4 is 23.4 Å². The van der Waals surface area contributed by atoms with E-state index in [-0.39, 0.29) is 5.92 Å². The number of carboxylic acids is 1. The fourth-order valence-corrected chi connectivity index (χ4v) is 2.51. The maximum absolute atomic E-state index is 12.1. The lowest BCUT2D eigenvalue weighted by Crippen LogP contribution is -2.44. The van der Waals surface area contributed by atoms with E-state index in [2.05, 4.69) is 9.69 Å². The molecule has 0 fully saturated rings. The Balaban J connectivity index is 2.14. The van der Waals surface area contributed by atoms with E-state index in [1.807, 2.05) is 30.3 Å². The average molecular weight is 304 g/mol. The molecule has 1 aromatic carbocycles. The molecule has 1 amide bonds. The van der Waals surface area contributed by atoms with Gasteiger partial charge < -0.3 is 10.4 Å². The highest BCUT2D eigenvalue weighted by molar-refractivity contribution is 7.08. The zero-order valence-electron chi connectivity index (χ0n) is 11.7. The lowest BCUT2D eigenvalue weighted by Gasteiger charge is -2.16. The molecule has 0 bridgehead atoms. The van der Waals surface area contributed by atoms with Crippen LogP contribution in [0.1, 0.15) is 23.5 Å². The molecule has 0 saturated carbocycles. The lowest BCUT2D eigenvalue weighted by atomic mass is 10.0. The van der Waals surface area contributed by atoms with Crippen LogP contribution in [0.4, 0.5) is 0 Å². The summed E-state index contributed by atoms with van der Waals surface area (Å²) in [5.74, 6) is -1.63. The van der Waals surface area contributed by atoms with Gasteiger partial charge in [0, 0.05) is 5.56 Å². The van der Waals surface area contributed by atoms with Gasteiger partial charge in [-0.3, -0.25) is 4.79 Å². The third-order valence-electron chi connectivity index (χ3n) is 3.02. The predicted octanol–water partition coefficient (Wildman–Crippen LogP) is 2.65. The van der Waals surface area contributed by atoms with E-state index >= 15 is 0 Å². The monoisotopic (exact) mass is 304 g/mol. The van der Waals surface area contributed by atoms with Gasteiger partial charge in [0.25, 0.3) is 5.91 Å². The van der Waals surface area contributed by atoms with Crippen molar-refractivity contribution in [3.05, 3.63) is 41.3 Å². The number of hydrogen-bond acceptors (Lipinski definition) is 4. The van der Waals surface area contributed by atoms with Crippen molar-refractivity contribution < 1.29 is 14.7 Å². The van der Waals surface area contributed by atoms with Gasteiger partial charge in [-0.1, -0.05) is 44.2 Å².